The van der Waals surface area contributed by atoms with Gasteiger partial charge in [0.25, 0.3) is 5.91 Å². The van der Waals surface area contributed by atoms with Gasteiger partial charge in [-0.3, -0.25) is 4.79 Å². The molecule has 1 N–H and O–H groups in total. The summed E-state index contributed by atoms with van der Waals surface area (Å²) < 4.78 is 11.2. The summed E-state index contributed by atoms with van der Waals surface area (Å²) in [4.78, 5) is 12.0. The summed E-state index contributed by atoms with van der Waals surface area (Å²) in [5.74, 6) is 0.987. The summed E-state index contributed by atoms with van der Waals surface area (Å²) >= 11 is 0. The molecule has 0 bridgehead atoms. The zero-order valence-electron chi connectivity index (χ0n) is 14.8. The van der Waals surface area contributed by atoms with E-state index in [4.69, 9.17) is 9.47 Å². The van der Waals surface area contributed by atoms with E-state index in [1.807, 2.05) is 66.7 Å². The highest BCUT2D eigenvalue weighted by Gasteiger charge is 2.05. The average molecular weight is 360 g/mol. The SMILES string of the molecule is C=CCOc1ccccc1C=NNC(=O)COc1cccc2ccccc12. The maximum atomic E-state index is 12.0. The van der Waals surface area contributed by atoms with Crippen LogP contribution in [0.1, 0.15) is 5.56 Å². The predicted octanol–water partition coefficient (Wildman–Crippen LogP) is 3.93. The summed E-state index contributed by atoms with van der Waals surface area (Å²) in [6.45, 7) is 3.90. The third-order valence-electron chi connectivity index (χ3n) is 3.78. The highest BCUT2D eigenvalue weighted by atomic mass is 16.5. The molecule has 136 valence electrons. The number of hydrogen-bond acceptors (Lipinski definition) is 4. The minimum atomic E-state index is -0.344. The number of amides is 1. The maximum Gasteiger partial charge on any atom is 0.277 e. The molecule has 27 heavy (non-hydrogen) atoms. The van der Waals surface area contributed by atoms with Gasteiger partial charge in [0.2, 0.25) is 0 Å². The first-order chi connectivity index (χ1) is 13.3. The second-order valence-electron chi connectivity index (χ2n) is 5.70. The van der Waals surface area contributed by atoms with Crippen molar-refractivity contribution in [2.45, 2.75) is 0 Å². The number of fused-ring (bicyclic) bond motifs is 1. The van der Waals surface area contributed by atoms with Crippen molar-refractivity contribution in [2.24, 2.45) is 5.10 Å². The topological polar surface area (TPSA) is 59.9 Å². The Morgan fingerprint density at radius 1 is 0.963 bits per heavy atom. The van der Waals surface area contributed by atoms with Gasteiger partial charge in [-0.1, -0.05) is 61.2 Å². The van der Waals surface area contributed by atoms with Gasteiger partial charge in [0, 0.05) is 10.9 Å². The molecule has 3 aromatic carbocycles. The number of nitrogens with one attached hydrogen (secondary N) is 1. The van der Waals surface area contributed by atoms with Crippen LogP contribution in [0, 0.1) is 0 Å². The third-order valence-corrected chi connectivity index (χ3v) is 3.78. The number of hydrazone groups is 1. The van der Waals surface area contributed by atoms with E-state index in [0.717, 1.165) is 16.3 Å². The lowest BCUT2D eigenvalue weighted by molar-refractivity contribution is -0.123. The molecule has 0 unspecified atom stereocenters. The Labute approximate surface area is 157 Å². The standard InChI is InChI=1S/C22H20N2O3/c1-2-14-26-20-12-6-4-9-18(20)15-23-24-22(25)16-27-21-13-7-10-17-8-3-5-11-19(17)21/h2-13,15H,1,14,16H2,(H,24,25). The average Bonchev–Trinajstić information content (AvgIpc) is 2.71. The summed E-state index contributed by atoms with van der Waals surface area (Å²) in [5.41, 5.74) is 3.22. The minimum absolute atomic E-state index is 0.125. The molecule has 0 fully saturated rings. The lowest BCUT2D eigenvalue weighted by Gasteiger charge is -2.08. The number of nitrogens with zero attached hydrogens (tertiary/aromatic N) is 1. The Hall–Kier alpha value is -3.60. The minimum Gasteiger partial charge on any atom is -0.489 e. The lowest BCUT2D eigenvalue weighted by atomic mass is 10.1. The van der Waals surface area contributed by atoms with Crippen molar-refractivity contribution < 1.29 is 14.3 Å². The molecule has 1 amide bonds. The monoisotopic (exact) mass is 360 g/mol. The number of para-hydroxylation sites is 1. The number of ether oxygens (including phenoxy) is 2. The van der Waals surface area contributed by atoms with Gasteiger partial charge in [-0.15, -0.1) is 0 Å². The van der Waals surface area contributed by atoms with E-state index in [2.05, 4.69) is 17.1 Å². The van der Waals surface area contributed by atoms with Gasteiger partial charge in [0.1, 0.15) is 18.1 Å². The molecule has 0 radical (unpaired) electrons. The van der Waals surface area contributed by atoms with Gasteiger partial charge in [-0.2, -0.15) is 5.10 Å². The van der Waals surface area contributed by atoms with Crippen molar-refractivity contribution in [3.8, 4) is 11.5 Å². The number of carbonyl (C=O) groups excluding carboxylic acids is 1. The van der Waals surface area contributed by atoms with E-state index in [-0.39, 0.29) is 12.5 Å². The fraction of sp³-hybridized carbons (Fsp3) is 0.0909. The molecule has 0 aliphatic rings. The lowest BCUT2D eigenvalue weighted by Crippen LogP contribution is -2.24. The molecule has 0 atom stereocenters. The predicted molar refractivity (Wildman–Crippen MR) is 107 cm³/mol. The van der Waals surface area contributed by atoms with Crippen LogP contribution in [0.2, 0.25) is 0 Å². The van der Waals surface area contributed by atoms with Crippen LogP contribution in [-0.2, 0) is 4.79 Å². The molecule has 5 heteroatoms. The van der Waals surface area contributed by atoms with E-state index < -0.39 is 0 Å². The highest BCUT2D eigenvalue weighted by molar-refractivity contribution is 5.89. The van der Waals surface area contributed by atoms with E-state index in [9.17, 15) is 4.79 Å². The largest absolute Gasteiger partial charge is 0.489 e. The van der Waals surface area contributed by atoms with Crippen molar-refractivity contribution >= 4 is 22.9 Å². The molecule has 0 aliphatic carbocycles. The van der Waals surface area contributed by atoms with Crippen LogP contribution >= 0.6 is 0 Å². The first-order valence-electron chi connectivity index (χ1n) is 8.53. The Balaban J connectivity index is 1.57. The number of rotatable bonds is 8. The number of hydrogen-bond donors (Lipinski definition) is 1. The smallest absolute Gasteiger partial charge is 0.277 e. The van der Waals surface area contributed by atoms with E-state index in [0.29, 0.717) is 18.1 Å². The van der Waals surface area contributed by atoms with Crippen molar-refractivity contribution in [3.63, 3.8) is 0 Å². The van der Waals surface area contributed by atoms with E-state index in [1.165, 1.54) is 6.21 Å². The Morgan fingerprint density at radius 2 is 1.70 bits per heavy atom. The van der Waals surface area contributed by atoms with Crippen LogP contribution < -0.4 is 14.9 Å². The molecule has 0 aromatic heterocycles. The molecule has 0 saturated heterocycles. The van der Waals surface area contributed by atoms with Crippen LogP contribution in [0.4, 0.5) is 0 Å². The number of benzene rings is 3. The van der Waals surface area contributed by atoms with Crippen molar-refractivity contribution in [3.05, 3.63) is 84.9 Å². The fourth-order valence-corrected chi connectivity index (χ4v) is 2.54. The zero-order chi connectivity index (χ0) is 18.9. The first kappa shape index (κ1) is 18.2. The number of carbonyl (C=O) groups is 1. The van der Waals surface area contributed by atoms with Gasteiger partial charge in [-0.25, -0.2) is 5.43 Å². The van der Waals surface area contributed by atoms with Crippen molar-refractivity contribution in [2.75, 3.05) is 13.2 Å². The Bertz CT molecular complexity index is 961. The molecule has 3 aromatic rings. The van der Waals surface area contributed by atoms with Crippen LogP contribution in [0.15, 0.2) is 84.5 Å². The Kier molecular flexibility index (Phi) is 6.20. The van der Waals surface area contributed by atoms with Crippen LogP contribution in [0.3, 0.4) is 0 Å². The van der Waals surface area contributed by atoms with Gasteiger partial charge in [0.15, 0.2) is 6.61 Å². The first-order valence-corrected chi connectivity index (χ1v) is 8.53. The molecule has 3 rings (SSSR count). The molecular formula is C22H20N2O3. The van der Waals surface area contributed by atoms with Crippen molar-refractivity contribution in [1.82, 2.24) is 5.43 Å². The summed E-state index contributed by atoms with van der Waals surface area (Å²) in [6.07, 6.45) is 3.20. The third kappa shape index (κ3) is 4.95. The molecule has 0 heterocycles. The van der Waals surface area contributed by atoms with Crippen LogP contribution in [0.25, 0.3) is 10.8 Å². The van der Waals surface area contributed by atoms with Gasteiger partial charge in [0.05, 0.1) is 6.21 Å². The van der Waals surface area contributed by atoms with Gasteiger partial charge in [-0.05, 0) is 23.6 Å². The molecular weight excluding hydrogens is 340 g/mol. The fourth-order valence-electron chi connectivity index (χ4n) is 2.54. The normalized spacial score (nSPS) is 10.7. The summed E-state index contributed by atoms with van der Waals surface area (Å²) in [5, 5.41) is 6.00. The van der Waals surface area contributed by atoms with E-state index >= 15 is 0 Å². The van der Waals surface area contributed by atoms with Crippen LogP contribution in [-0.4, -0.2) is 25.3 Å². The summed E-state index contributed by atoms with van der Waals surface area (Å²) in [7, 11) is 0. The molecule has 0 spiro atoms. The molecule has 0 saturated carbocycles. The Morgan fingerprint density at radius 3 is 2.59 bits per heavy atom. The molecule has 0 aliphatic heterocycles. The quantitative estimate of drug-likeness (QED) is 0.376. The second kappa shape index (κ2) is 9.20. The second-order valence-corrected chi connectivity index (χ2v) is 5.70. The summed E-state index contributed by atoms with van der Waals surface area (Å²) in [6, 6.07) is 21.0. The highest BCUT2D eigenvalue weighted by Crippen LogP contribution is 2.24. The van der Waals surface area contributed by atoms with Gasteiger partial charge < -0.3 is 9.47 Å². The van der Waals surface area contributed by atoms with Crippen molar-refractivity contribution in [1.29, 1.82) is 0 Å². The molecule has 5 nitrogen and oxygen atoms in total. The van der Waals surface area contributed by atoms with Gasteiger partial charge >= 0.3 is 0 Å². The van der Waals surface area contributed by atoms with Crippen LogP contribution in [0.5, 0.6) is 11.5 Å². The van der Waals surface area contributed by atoms with E-state index in [1.54, 1.807) is 6.08 Å². The maximum absolute atomic E-state index is 12.0. The zero-order valence-corrected chi connectivity index (χ0v) is 14.8.